The molecule has 2 heteroatoms. The van der Waals surface area contributed by atoms with E-state index >= 15 is 0 Å². The highest BCUT2D eigenvalue weighted by atomic mass is 16.1. The van der Waals surface area contributed by atoms with Crippen molar-refractivity contribution in [3.8, 4) is 0 Å². The zero-order valence-corrected chi connectivity index (χ0v) is 5.55. The zero-order valence-electron chi connectivity index (χ0n) is 5.55. The predicted molar refractivity (Wildman–Crippen MR) is 35.7 cm³/mol. The van der Waals surface area contributed by atoms with Gasteiger partial charge in [-0.25, -0.2) is 0 Å². The Morgan fingerprint density at radius 3 is 2.56 bits per heavy atom. The van der Waals surface area contributed by atoms with Crippen LogP contribution in [0.5, 0.6) is 0 Å². The molecule has 0 spiro atoms. The van der Waals surface area contributed by atoms with Crippen LogP contribution in [0.3, 0.4) is 0 Å². The number of carbonyl (C=O) groups excluding carboxylic acids is 1. The second-order valence-electron chi connectivity index (χ2n) is 2.56. The van der Waals surface area contributed by atoms with Crippen molar-refractivity contribution in [3.05, 3.63) is 11.6 Å². The molecule has 2 nitrogen and oxygen atoms in total. The van der Waals surface area contributed by atoms with Crippen molar-refractivity contribution in [2.45, 2.75) is 19.8 Å². The summed E-state index contributed by atoms with van der Waals surface area (Å²) in [5.74, 6) is 0.344. The Bertz CT molecular complexity index is 156. The van der Waals surface area contributed by atoms with Gasteiger partial charge < -0.3 is 5.73 Å². The van der Waals surface area contributed by atoms with E-state index in [2.05, 4.69) is 0 Å². The molecular formula is C7H11NO. The van der Waals surface area contributed by atoms with Crippen LogP contribution in [0.4, 0.5) is 0 Å². The third-order valence-electron chi connectivity index (χ3n) is 1.59. The minimum atomic E-state index is -0.320. The average Bonchev–Trinajstić information content (AvgIpc) is 2.40. The number of carbonyl (C=O) groups is 1. The number of amides is 1. The van der Waals surface area contributed by atoms with E-state index in [4.69, 9.17) is 5.73 Å². The molecule has 0 heterocycles. The molecule has 0 radical (unpaired) electrons. The summed E-state index contributed by atoms with van der Waals surface area (Å²) in [7, 11) is 0. The van der Waals surface area contributed by atoms with Crippen LogP contribution < -0.4 is 5.73 Å². The van der Waals surface area contributed by atoms with Gasteiger partial charge in [0.25, 0.3) is 0 Å². The standard InChI is InChI=1S/C7H11NO/c1-5(4-7(8)9)6-2-3-6/h4,6H,2-3H2,1H3,(H2,8,9). The van der Waals surface area contributed by atoms with Crippen LogP contribution in [0, 0.1) is 5.92 Å². The van der Waals surface area contributed by atoms with Gasteiger partial charge in [-0.1, -0.05) is 5.57 Å². The van der Waals surface area contributed by atoms with E-state index in [0.29, 0.717) is 5.92 Å². The molecule has 0 aromatic rings. The highest BCUT2D eigenvalue weighted by molar-refractivity contribution is 5.86. The quantitative estimate of drug-likeness (QED) is 0.546. The SMILES string of the molecule is CC(=CC(N)=O)C1CC1. The average molecular weight is 125 g/mol. The molecule has 0 atom stereocenters. The molecule has 0 aliphatic heterocycles. The van der Waals surface area contributed by atoms with Crippen molar-refractivity contribution in [3.63, 3.8) is 0 Å². The van der Waals surface area contributed by atoms with E-state index in [1.807, 2.05) is 6.92 Å². The van der Waals surface area contributed by atoms with Crippen LogP contribution in [-0.2, 0) is 4.79 Å². The summed E-state index contributed by atoms with van der Waals surface area (Å²) in [4.78, 5) is 10.3. The number of allylic oxidation sites excluding steroid dienone is 1. The van der Waals surface area contributed by atoms with Gasteiger partial charge in [0.15, 0.2) is 0 Å². The molecular weight excluding hydrogens is 114 g/mol. The maximum absolute atomic E-state index is 10.3. The fraction of sp³-hybridized carbons (Fsp3) is 0.571. The molecule has 1 aliphatic rings. The first-order chi connectivity index (χ1) is 4.20. The number of hydrogen-bond donors (Lipinski definition) is 1. The largest absolute Gasteiger partial charge is 0.366 e. The molecule has 1 aliphatic carbocycles. The Morgan fingerprint density at radius 1 is 1.67 bits per heavy atom. The Balaban J connectivity index is 2.47. The van der Waals surface area contributed by atoms with E-state index in [1.165, 1.54) is 18.9 Å². The van der Waals surface area contributed by atoms with E-state index in [-0.39, 0.29) is 5.91 Å². The first-order valence-electron chi connectivity index (χ1n) is 3.18. The maximum atomic E-state index is 10.3. The summed E-state index contributed by atoms with van der Waals surface area (Å²) in [6, 6.07) is 0. The highest BCUT2D eigenvalue weighted by Crippen LogP contribution is 2.35. The molecule has 0 unspecified atom stereocenters. The van der Waals surface area contributed by atoms with Crippen molar-refractivity contribution in [2.24, 2.45) is 11.7 Å². The maximum Gasteiger partial charge on any atom is 0.241 e. The predicted octanol–water partition coefficient (Wildman–Crippen LogP) is 0.828. The molecule has 50 valence electrons. The van der Waals surface area contributed by atoms with Crippen molar-refractivity contribution in [1.29, 1.82) is 0 Å². The van der Waals surface area contributed by atoms with Gasteiger partial charge >= 0.3 is 0 Å². The van der Waals surface area contributed by atoms with Gasteiger partial charge in [-0.05, 0) is 25.7 Å². The number of nitrogens with two attached hydrogens (primary N) is 1. The van der Waals surface area contributed by atoms with Crippen LogP contribution in [-0.4, -0.2) is 5.91 Å². The monoisotopic (exact) mass is 125 g/mol. The Kier molecular flexibility index (Phi) is 1.56. The molecule has 1 saturated carbocycles. The first-order valence-corrected chi connectivity index (χ1v) is 3.18. The lowest BCUT2D eigenvalue weighted by molar-refractivity contribution is -0.113. The molecule has 1 amide bonds. The summed E-state index contributed by atoms with van der Waals surface area (Å²) in [5, 5.41) is 0. The van der Waals surface area contributed by atoms with Crippen molar-refractivity contribution < 1.29 is 4.79 Å². The minimum Gasteiger partial charge on any atom is -0.366 e. The topological polar surface area (TPSA) is 43.1 Å². The van der Waals surface area contributed by atoms with Crippen molar-refractivity contribution >= 4 is 5.91 Å². The lowest BCUT2D eigenvalue weighted by Gasteiger charge is -1.91. The number of hydrogen-bond acceptors (Lipinski definition) is 1. The van der Waals surface area contributed by atoms with E-state index in [1.54, 1.807) is 0 Å². The summed E-state index contributed by atoms with van der Waals surface area (Å²) in [6.45, 7) is 1.96. The Hall–Kier alpha value is -0.790. The van der Waals surface area contributed by atoms with Gasteiger partial charge in [-0.3, -0.25) is 4.79 Å². The minimum absolute atomic E-state index is 0.320. The lowest BCUT2D eigenvalue weighted by Crippen LogP contribution is -2.06. The third kappa shape index (κ3) is 1.88. The lowest BCUT2D eigenvalue weighted by atomic mass is 10.2. The highest BCUT2D eigenvalue weighted by Gasteiger charge is 2.22. The fourth-order valence-corrected chi connectivity index (χ4v) is 0.881. The number of primary amides is 1. The van der Waals surface area contributed by atoms with Crippen LogP contribution in [0.25, 0.3) is 0 Å². The van der Waals surface area contributed by atoms with Crippen LogP contribution >= 0.6 is 0 Å². The molecule has 9 heavy (non-hydrogen) atoms. The van der Waals surface area contributed by atoms with Crippen LogP contribution in [0.1, 0.15) is 19.8 Å². The fourth-order valence-electron chi connectivity index (χ4n) is 0.881. The van der Waals surface area contributed by atoms with E-state index < -0.39 is 0 Å². The molecule has 0 aromatic heterocycles. The Labute approximate surface area is 54.7 Å². The normalized spacial score (nSPS) is 19.9. The van der Waals surface area contributed by atoms with Crippen LogP contribution in [0.15, 0.2) is 11.6 Å². The summed E-state index contributed by atoms with van der Waals surface area (Å²) in [5.41, 5.74) is 6.08. The third-order valence-corrected chi connectivity index (χ3v) is 1.59. The molecule has 2 N–H and O–H groups in total. The van der Waals surface area contributed by atoms with Gasteiger partial charge in [0, 0.05) is 6.08 Å². The summed E-state index contributed by atoms with van der Waals surface area (Å²) < 4.78 is 0. The summed E-state index contributed by atoms with van der Waals surface area (Å²) >= 11 is 0. The van der Waals surface area contributed by atoms with Crippen LogP contribution in [0.2, 0.25) is 0 Å². The molecule has 0 saturated heterocycles. The molecule has 0 bridgehead atoms. The van der Waals surface area contributed by atoms with E-state index in [9.17, 15) is 4.79 Å². The van der Waals surface area contributed by atoms with Gasteiger partial charge in [0.1, 0.15) is 0 Å². The second-order valence-corrected chi connectivity index (χ2v) is 2.56. The van der Waals surface area contributed by atoms with Crippen molar-refractivity contribution in [2.75, 3.05) is 0 Å². The van der Waals surface area contributed by atoms with Gasteiger partial charge in [0.2, 0.25) is 5.91 Å². The van der Waals surface area contributed by atoms with Gasteiger partial charge in [0.05, 0.1) is 0 Å². The number of rotatable bonds is 2. The molecule has 1 fully saturated rings. The molecule has 1 rings (SSSR count). The smallest absolute Gasteiger partial charge is 0.241 e. The van der Waals surface area contributed by atoms with E-state index in [0.717, 1.165) is 5.57 Å². The first kappa shape index (κ1) is 6.33. The summed E-state index contributed by atoms with van der Waals surface area (Å²) in [6.07, 6.45) is 3.99. The zero-order chi connectivity index (χ0) is 6.85. The molecule has 0 aromatic carbocycles. The van der Waals surface area contributed by atoms with Crippen molar-refractivity contribution in [1.82, 2.24) is 0 Å². The van der Waals surface area contributed by atoms with Gasteiger partial charge in [-0.2, -0.15) is 0 Å². The second kappa shape index (κ2) is 2.21. The Morgan fingerprint density at radius 2 is 2.22 bits per heavy atom. The van der Waals surface area contributed by atoms with Gasteiger partial charge in [-0.15, -0.1) is 0 Å².